The minimum Gasteiger partial charge on any atom is -0.460 e. The maximum Gasteiger partial charge on any atom is 0.303 e. The number of hydrogen-bond donors (Lipinski definition) is 4. The van der Waals surface area contributed by atoms with Crippen molar-refractivity contribution in [3.8, 4) is 0 Å². The molecule has 4 aliphatic rings. The summed E-state index contributed by atoms with van der Waals surface area (Å²) >= 11 is 0. The summed E-state index contributed by atoms with van der Waals surface area (Å²) in [6.07, 6.45) is 0.776. The molecule has 0 aromatic carbocycles. The van der Waals surface area contributed by atoms with Crippen molar-refractivity contribution in [2.24, 2.45) is 39.4 Å². The van der Waals surface area contributed by atoms with Crippen molar-refractivity contribution in [3.63, 3.8) is 0 Å². The molecule has 0 aromatic heterocycles. The fourth-order valence-corrected chi connectivity index (χ4v) is 9.83. The number of ketones is 2. The first-order valence-corrected chi connectivity index (χ1v) is 14.8. The summed E-state index contributed by atoms with van der Waals surface area (Å²) in [5.41, 5.74) is -4.68. The molecular formula is C32H50O8. The standard InChI is InChI=1S/C32H50O8/c1-17(33)40-27(2,3)13-12-23(36)32(9,39)25-21(35)15-29(6)22-11-10-18-19(14-20(34)26(38)28(18,4)5)31(22,8)24(37)16-30(25,29)7/h10,19-22,25-26,34-35,38-39H,11-16H2,1-9H3/t19?,20-,21+,22?,25?,26+,29-,30+,31-,32-/m1/s1. The van der Waals surface area contributed by atoms with Gasteiger partial charge < -0.3 is 25.2 Å². The first-order chi connectivity index (χ1) is 18.1. The van der Waals surface area contributed by atoms with E-state index in [1.54, 1.807) is 13.8 Å². The Morgan fingerprint density at radius 3 is 2.20 bits per heavy atom. The molecule has 0 amide bonds. The number of carbonyl (C=O) groups excluding carboxylic acids is 3. The average Bonchev–Trinajstić information content (AvgIpc) is 3.01. The second kappa shape index (κ2) is 9.45. The van der Waals surface area contributed by atoms with Gasteiger partial charge in [-0.1, -0.05) is 46.3 Å². The van der Waals surface area contributed by atoms with Gasteiger partial charge >= 0.3 is 5.97 Å². The van der Waals surface area contributed by atoms with Crippen molar-refractivity contribution in [3.05, 3.63) is 11.6 Å². The minimum atomic E-state index is -1.89. The van der Waals surface area contributed by atoms with E-state index in [0.29, 0.717) is 19.3 Å². The maximum absolute atomic E-state index is 14.3. The number of aliphatic hydroxyl groups is 4. The molecule has 4 N–H and O–H groups in total. The zero-order valence-electron chi connectivity index (χ0n) is 25.7. The average molecular weight is 563 g/mol. The summed E-state index contributed by atoms with van der Waals surface area (Å²) in [4.78, 5) is 39.4. The van der Waals surface area contributed by atoms with Crippen LogP contribution in [0.2, 0.25) is 0 Å². The molecule has 0 aliphatic heterocycles. The van der Waals surface area contributed by atoms with Crippen molar-refractivity contribution >= 4 is 17.5 Å². The van der Waals surface area contributed by atoms with Crippen LogP contribution in [0.4, 0.5) is 0 Å². The highest BCUT2D eigenvalue weighted by Gasteiger charge is 2.74. The van der Waals surface area contributed by atoms with Crippen LogP contribution < -0.4 is 0 Å². The number of rotatable bonds is 6. The topological polar surface area (TPSA) is 141 Å². The van der Waals surface area contributed by atoms with Crippen LogP contribution in [0.1, 0.15) is 101 Å². The van der Waals surface area contributed by atoms with E-state index in [0.717, 1.165) is 5.57 Å². The van der Waals surface area contributed by atoms with Crippen LogP contribution in [-0.4, -0.2) is 67.5 Å². The van der Waals surface area contributed by atoms with E-state index in [9.17, 15) is 34.8 Å². The molecule has 0 radical (unpaired) electrons. The number of aliphatic hydroxyl groups excluding tert-OH is 3. The molecule has 4 aliphatic carbocycles. The minimum absolute atomic E-state index is 0.0193. The molecule has 226 valence electrons. The summed E-state index contributed by atoms with van der Waals surface area (Å²) in [6.45, 7) is 16.1. The highest BCUT2D eigenvalue weighted by atomic mass is 16.6. The Hall–Kier alpha value is -1.61. The SMILES string of the molecule is CC(=O)OC(C)(C)CCC(=O)[C@@](C)(O)C1[C@@H](O)C[C@]2(C)C3CC=C4C(C[C@@H](O)[C@H](O)C4(C)C)[C@@]3(C)C(=O)C[C@@]12C. The molecule has 3 fully saturated rings. The smallest absolute Gasteiger partial charge is 0.303 e. The summed E-state index contributed by atoms with van der Waals surface area (Å²) in [5.74, 6) is -2.15. The van der Waals surface area contributed by atoms with Gasteiger partial charge in [0.15, 0.2) is 5.78 Å². The van der Waals surface area contributed by atoms with Gasteiger partial charge in [-0.3, -0.25) is 14.4 Å². The Bertz CT molecular complexity index is 1120. The van der Waals surface area contributed by atoms with E-state index in [4.69, 9.17) is 4.74 Å². The van der Waals surface area contributed by atoms with Crippen LogP contribution in [0.25, 0.3) is 0 Å². The molecule has 8 heteroatoms. The Morgan fingerprint density at radius 2 is 1.62 bits per heavy atom. The third-order valence-electron chi connectivity index (χ3n) is 12.2. The Morgan fingerprint density at radius 1 is 1.02 bits per heavy atom. The molecule has 0 saturated heterocycles. The number of ether oxygens (including phenoxy) is 1. The molecule has 3 unspecified atom stereocenters. The van der Waals surface area contributed by atoms with Gasteiger partial charge in [-0.25, -0.2) is 0 Å². The van der Waals surface area contributed by atoms with E-state index < -0.39 is 68.8 Å². The second-order valence-electron chi connectivity index (χ2n) is 15.4. The maximum atomic E-state index is 14.3. The van der Waals surface area contributed by atoms with Gasteiger partial charge in [0.25, 0.3) is 0 Å². The van der Waals surface area contributed by atoms with Gasteiger partial charge in [0.1, 0.15) is 17.0 Å². The first kappa shape index (κ1) is 31.3. The Kier molecular flexibility index (Phi) is 7.40. The number of Topliss-reactive ketones (excluding diaryl/α,β-unsaturated/α-hetero) is 2. The molecule has 0 heterocycles. The van der Waals surface area contributed by atoms with E-state index in [-0.39, 0.29) is 36.9 Å². The van der Waals surface area contributed by atoms with Gasteiger partial charge in [-0.15, -0.1) is 0 Å². The molecule has 10 atom stereocenters. The number of allylic oxidation sites excluding steroid dienone is 1. The summed E-state index contributed by atoms with van der Waals surface area (Å²) in [5, 5.41) is 45.0. The number of carbonyl (C=O) groups is 3. The zero-order valence-corrected chi connectivity index (χ0v) is 25.7. The molecule has 0 aromatic rings. The van der Waals surface area contributed by atoms with Crippen LogP contribution >= 0.6 is 0 Å². The first-order valence-electron chi connectivity index (χ1n) is 14.8. The fraction of sp³-hybridized carbons (Fsp3) is 0.844. The zero-order chi connectivity index (χ0) is 30.4. The van der Waals surface area contributed by atoms with Gasteiger partial charge in [-0.2, -0.15) is 0 Å². The number of fused-ring (bicyclic) bond motifs is 5. The molecule has 4 rings (SSSR count). The van der Waals surface area contributed by atoms with Crippen LogP contribution in [0.15, 0.2) is 11.6 Å². The predicted molar refractivity (Wildman–Crippen MR) is 149 cm³/mol. The molecule has 40 heavy (non-hydrogen) atoms. The second-order valence-corrected chi connectivity index (χ2v) is 15.4. The van der Waals surface area contributed by atoms with Gasteiger partial charge in [0, 0.05) is 36.5 Å². The summed E-state index contributed by atoms with van der Waals surface area (Å²) < 4.78 is 5.32. The van der Waals surface area contributed by atoms with Crippen LogP contribution in [-0.2, 0) is 19.1 Å². The monoisotopic (exact) mass is 562 g/mol. The van der Waals surface area contributed by atoms with Crippen LogP contribution in [0.5, 0.6) is 0 Å². The molecule has 8 nitrogen and oxygen atoms in total. The van der Waals surface area contributed by atoms with E-state index in [1.165, 1.54) is 13.8 Å². The molecule has 3 saturated carbocycles. The third kappa shape index (κ3) is 4.26. The Labute approximate surface area is 238 Å². The number of esters is 1. The van der Waals surface area contributed by atoms with Crippen molar-refractivity contribution < 1.29 is 39.5 Å². The quantitative estimate of drug-likeness (QED) is 0.285. The number of hydrogen-bond acceptors (Lipinski definition) is 8. The molecule has 0 bridgehead atoms. The summed E-state index contributed by atoms with van der Waals surface area (Å²) in [6, 6.07) is 0. The van der Waals surface area contributed by atoms with Crippen molar-refractivity contribution in [2.45, 2.75) is 130 Å². The van der Waals surface area contributed by atoms with Gasteiger partial charge in [0.2, 0.25) is 0 Å². The third-order valence-corrected chi connectivity index (χ3v) is 12.2. The van der Waals surface area contributed by atoms with E-state index in [1.807, 2.05) is 27.7 Å². The highest BCUT2D eigenvalue weighted by molar-refractivity contribution is 5.90. The van der Waals surface area contributed by atoms with Crippen LogP contribution in [0, 0.1) is 39.4 Å². The normalized spacial score (nSPS) is 44.0. The molecule has 0 spiro atoms. The lowest BCUT2D eigenvalue weighted by atomic mass is 9.38. The predicted octanol–water partition coefficient (Wildman–Crippen LogP) is 3.52. The van der Waals surface area contributed by atoms with E-state index >= 15 is 0 Å². The van der Waals surface area contributed by atoms with Gasteiger partial charge in [0.05, 0.1) is 18.3 Å². The van der Waals surface area contributed by atoms with Crippen molar-refractivity contribution in [2.75, 3.05) is 0 Å². The fourth-order valence-electron chi connectivity index (χ4n) is 9.83. The van der Waals surface area contributed by atoms with Crippen molar-refractivity contribution in [1.29, 1.82) is 0 Å². The van der Waals surface area contributed by atoms with Gasteiger partial charge in [-0.05, 0) is 69.1 Å². The lowest BCUT2D eigenvalue weighted by Gasteiger charge is -2.65. The molecular weight excluding hydrogens is 512 g/mol. The Balaban J connectivity index is 1.70. The van der Waals surface area contributed by atoms with Crippen LogP contribution in [0.3, 0.4) is 0 Å². The summed E-state index contributed by atoms with van der Waals surface area (Å²) in [7, 11) is 0. The van der Waals surface area contributed by atoms with Crippen molar-refractivity contribution in [1.82, 2.24) is 0 Å². The lowest BCUT2D eigenvalue weighted by molar-refractivity contribution is -0.188. The highest BCUT2D eigenvalue weighted by Crippen LogP contribution is 2.74. The largest absolute Gasteiger partial charge is 0.460 e. The lowest BCUT2D eigenvalue weighted by Crippen LogP contribution is -2.65. The van der Waals surface area contributed by atoms with E-state index in [2.05, 4.69) is 13.0 Å².